The molecular weight excluding hydrogens is 308 g/mol. The molecule has 0 fully saturated rings. The summed E-state index contributed by atoms with van der Waals surface area (Å²) < 4.78 is 16.1. The molecule has 2 rings (SSSR count). The first-order chi connectivity index (χ1) is 11.6. The van der Waals surface area contributed by atoms with E-state index in [1.165, 1.54) is 7.11 Å². The number of benzene rings is 2. The Labute approximate surface area is 141 Å². The average Bonchev–Trinajstić information content (AvgIpc) is 2.60. The van der Waals surface area contributed by atoms with E-state index in [4.69, 9.17) is 14.2 Å². The molecule has 1 unspecified atom stereocenters. The maximum Gasteiger partial charge on any atom is 0.311 e. The summed E-state index contributed by atoms with van der Waals surface area (Å²) in [7, 11) is 3.11. The first-order valence-corrected chi connectivity index (χ1v) is 7.76. The van der Waals surface area contributed by atoms with Crippen molar-refractivity contribution in [3.63, 3.8) is 0 Å². The van der Waals surface area contributed by atoms with Crippen molar-refractivity contribution in [3.05, 3.63) is 53.6 Å². The maximum absolute atomic E-state index is 11.8. The standard InChI is InChI=1S/C19H22O5/c1-4-24-17-10-9-13(12-18(17)23-3)11-15(19(20)21)14-7-5-6-8-16(14)22-2/h5-10,12,15H,4,11H2,1-3H3,(H,20,21). The third kappa shape index (κ3) is 3.98. The van der Waals surface area contributed by atoms with Crippen molar-refractivity contribution in [2.24, 2.45) is 0 Å². The lowest BCUT2D eigenvalue weighted by Gasteiger charge is -2.17. The molecule has 0 bridgehead atoms. The third-order valence-corrected chi connectivity index (χ3v) is 3.78. The van der Waals surface area contributed by atoms with Crippen LogP contribution in [0.4, 0.5) is 0 Å². The van der Waals surface area contributed by atoms with Gasteiger partial charge in [-0.1, -0.05) is 24.3 Å². The van der Waals surface area contributed by atoms with Crippen molar-refractivity contribution in [1.82, 2.24) is 0 Å². The fourth-order valence-corrected chi connectivity index (χ4v) is 2.63. The van der Waals surface area contributed by atoms with E-state index in [9.17, 15) is 9.90 Å². The highest BCUT2D eigenvalue weighted by molar-refractivity contribution is 5.77. The van der Waals surface area contributed by atoms with Crippen molar-refractivity contribution in [3.8, 4) is 17.2 Å². The Balaban J connectivity index is 2.33. The summed E-state index contributed by atoms with van der Waals surface area (Å²) in [5, 5.41) is 9.66. The molecule has 0 heterocycles. The highest BCUT2D eigenvalue weighted by atomic mass is 16.5. The smallest absolute Gasteiger partial charge is 0.311 e. The van der Waals surface area contributed by atoms with E-state index < -0.39 is 11.9 Å². The van der Waals surface area contributed by atoms with E-state index in [-0.39, 0.29) is 0 Å². The van der Waals surface area contributed by atoms with Gasteiger partial charge in [0.25, 0.3) is 0 Å². The lowest BCUT2D eigenvalue weighted by molar-refractivity contribution is -0.138. The van der Waals surface area contributed by atoms with E-state index in [2.05, 4.69) is 0 Å². The molecule has 0 aliphatic heterocycles. The number of rotatable bonds is 8. The zero-order chi connectivity index (χ0) is 17.5. The van der Waals surface area contributed by atoms with Crippen LogP contribution in [0.5, 0.6) is 17.2 Å². The predicted molar refractivity (Wildman–Crippen MR) is 91.2 cm³/mol. The van der Waals surface area contributed by atoms with Crippen LogP contribution in [0.25, 0.3) is 0 Å². The number of carboxylic acid groups (broad SMARTS) is 1. The molecule has 1 N–H and O–H groups in total. The second-order valence-corrected chi connectivity index (χ2v) is 5.26. The van der Waals surface area contributed by atoms with Crippen LogP contribution in [0.1, 0.15) is 24.0 Å². The summed E-state index contributed by atoms with van der Waals surface area (Å²) in [4.78, 5) is 11.8. The Hall–Kier alpha value is -2.69. The van der Waals surface area contributed by atoms with Crippen molar-refractivity contribution >= 4 is 5.97 Å². The topological polar surface area (TPSA) is 65.0 Å². The second-order valence-electron chi connectivity index (χ2n) is 5.26. The Morgan fingerprint density at radius 1 is 1.04 bits per heavy atom. The molecule has 5 heteroatoms. The van der Waals surface area contributed by atoms with Gasteiger partial charge in [-0.3, -0.25) is 4.79 Å². The number of carbonyl (C=O) groups is 1. The molecular formula is C19H22O5. The molecule has 0 spiro atoms. The van der Waals surface area contributed by atoms with Gasteiger partial charge in [-0.05, 0) is 37.1 Å². The molecule has 0 aliphatic carbocycles. The van der Waals surface area contributed by atoms with E-state index >= 15 is 0 Å². The molecule has 1 atom stereocenters. The normalized spacial score (nSPS) is 11.6. The number of para-hydroxylation sites is 1. The quantitative estimate of drug-likeness (QED) is 0.802. The van der Waals surface area contributed by atoms with Crippen LogP contribution >= 0.6 is 0 Å². The van der Waals surface area contributed by atoms with Gasteiger partial charge in [-0.25, -0.2) is 0 Å². The van der Waals surface area contributed by atoms with E-state index in [0.717, 1.165) is 5.56 Å². The van der Waals surface area contributed by atoms with Gasteiger partial charge in [-0.2, -0.15) is 0 Å². The van der Waals surface area contributed by atoms with Crippen LogP contribution in [0, 0.1) is 0 Å². The van der Waals surface area contributed by atoms with Crippen LogP contribution in [0.3, 0.4) is 0 Å². The Morgan fingerprint density at radius 3 is 2.38 bits per heavy atom. The van der Waals surface area contributed by atoms with Gasteiger partial charge in [0.1, 0.15) is 5.75 Å². The van der Waals surface area contributed by atoms with Crippen molar-refractivity contribution < 1.29 is 24.1 Å². The lowest BCUT2D eigenvalue weighted by Crippen LogP contribution is -2.15. The first-order valence-electron chi connectivity index (χ1n) is 7.76. The number of aliphatic carboxylic acids is 1. The lowest BCUT2D eigenvalue weighted by atomic mass is 9.91. The van der Waals surface area contributed by atoms with Crippen LogP contribution < -0.4 is 14.2 Å². The molecule has 128 valence electrons. The van der Waals surface area contributed by atoms with Crippen LogP contribution in [-0.2, 0) is 11.2 Å². The molecule has 0 saturated carbocycles. The van der Waals surface area contributed by atoms with Crippen molar-refractivity contribution in [2.75, 3.05) is 20.8 Å². The first kappa shape index (κ1) is 17.7. The number of methoxy groups -OCH3 is 2. The Morgan fingerprint density at radius 2 is 1.75 bits per heavy atom. The summed E-state index contributed by atoms with van der Waals surface area (Å²) >= 11 is 0. The molecule has 2 aromatic carbocycles. The summed E-state index contributed by atoms with van der Waals surface area (Å²) in [5.41, 5.74) is 1.51. The van der Waals surface area contributed by atoms with E-state index in [1.54, 1.807) is 25.3 Å². The summed E-state index contributed by atoms with van der Waals surface area (Å²) in [5.74, 6) is 0.213. The zero-order valence-corrected chi connectivity index (χ0v) is 14.1. The summed E-state index contributed by atoms with van der Waals surface area (Å²) in [6.07, 6.45) is 0.332. The summed E-state index contributed by atoms with van der Waals surface area (Å²) in [6, 6.07) is 12.7. The number of hydrogen-bond acceptors (Lipinski definition) is 4. The van der Waals surface area contributed by atoms with Crippen LogP contribution in [0.2, 0.25) is 0 Å². The predicted octanol–water partition coefficient (Wildman–Crippen LogP) is 3.51. The number of carboxylic acids is 1. The molecule has 5 nitrogen and oxygen atoms in total. The van der Waals surface area contributed by atoms with Gasteiger partial charge in [0.15, 0.2) is 11.5 Å². The SMILES string of the molecule is CCOc1ccc(CC(C(=O)O)c2ccccc2OC)cc1OC. The molecule has 0 radical (unpaired) electrons. The minimum absolute atomic E-state index is 0.332. The molecule has 0 amide bonds. The average molecular weight is 330 g/mol. The minimum Gasteiger partial charge on any atom is -0.496 e. The Kier molecular flexibility index (Phi) is 6.07. The highest BCUT2D eigenvalue weighted by Gasteiger charge is 2.24. The van der Waals surface area contributed by atoms with Gasteiger partial charge in [0.2, 0.25) is 0 Å². The molecule has 0 aromatic heterocycles. The fraction of sp³-hybridized carbons (Fsp3) is 0.316. The monoisotopic (exact) mass is 330 g/mol. The van der Waals surface area contributed by atoms with Crippen molar-refractivity contribution in [2.45, 2.75) is 19.3 Å². The van der Waals surface area contributed by atoms with Gasteiger partial charge in [0.05, 0.1) is 26.7 Å². The fourth-order valence-electron chi connectivity index (χ4n) is 2.63. The van der Waals surface area contributed by atoms with Gasteiger partial charge in [0, 0.05) is 5.56 Å². The maximum atomic E-state index is 11.8. The molecule has 0 saturated heterocycles. The molecule has 0 aliphatic rings. The summed E-state index contributed by atoms with van der Waals surface area (Å²) in [6.45, 7) is 2.43. The van der Waals surface area contributed by atoms with Gasteiger partial charge in [-0.15, -0.1) is 0 Å². The van der Waals surface area contributed by atoms with Gasteiger partial charge < -0.3 is 19.3 Å². The van der Waals surface area contributed by atoms with Crippen molar-refractivity contribution in [1.29, 1.82) is 0 Å². The minimum atomic E-state index is -0.896. The van der Waals surface area contributed by atoms with E-state index in [0.29, 0.717) is 35.8 Å². The third-order valence-electron chi connectivity index (χ3n) is 3.78. The number of ether oxygens (including phenoxy) is 3. The van der Waals surface area contributed by atoms with E-state index in [1.807, 2.05) is 31.2 Å². The van der Waals surface area contributed by atoms with Crippen LogP contribution in [0.15, 0.2) is 42.5 Å². The van der Waals surface area contributed by atoms with Crippen LogP contribution in [-0.4, -0.2) is 31.9 Å². The van der Waals surface area contributed by atoms with Gasteiger partial charge >= 0.3 is 5.97 Å². The number of hydrogen-bond donors (Lipinski definition) is 1. The largest absolute Gasteiger partial charge is 0.496 e. The Bertz CT molecular complexity index is 696. The zero-order valence-electron chi connectivity index (χ0n) is 14.1. The highest BCUT2D eigenvalue weighted by Crippen LogP contribution is 2.33. The second kappa shape index (κ2) is 8.24. The molecule has 24 heavy (non-hydrogen) atoms. The molecule has 2 aromatic rings.